The fourth-order valence-corrected chi connectivity index (χ4v) is 6.54. The summed E-state index contributed by atoms with van der Waals surface area (Å²) in [5.74, 6) is 0.229. The fourth-order valence-electron chi connectivity index (χ4n) is 3.30. The first-order valence-electron chi connectivity index (χ1n) is 8.90. The molecule has 1 atom stereocenters. The molecular weight excluding hydrogens is 312 g/mol. The van der Waals surface area contributed by atoms with Crippen molar-refractivity contribution in [2.24, 2.45) is 0 Å². The zero-order chi connectivity index (χ0) is 17.3. The second-order valence-corrected chi connectivity index (χ2v) is 8.58. The van der Waals surface area contributed by atoms with Gasteiger partial charge in [-0.05, 0) is 34.1 Å². The summed E-state index contributed by atoms with van der Waals surface area (Å²) in [5.41, 5.74) is 0.182. The minimum absolute atomic E-state index is 0.182. The number of carbonyl (C=O) groups is 1. The van der Waals surface area contributed by atoms with Crippen LogP contribution in [0.3, 0.4) is 0 Å². The highest BCUT2D eigenvalue weighted by molar-refractivity contribution is 6.62. The normalized spacial score (nSPS) is 19.0. The van der Waals surface area contributed by atoms with E-state index in [0.29, 0.717) is 26.4 Å². The van der Waals surface area contributed by atoms with Gasteiger partial charge >= 0.3 is 8.80 Å². The van der Waals surface area contributed by atoms with Crippen molar-refractivity contribution >= 4 is 14.6 Å². The highest BCUT2D eigenvalue weighted by Crippen LogP contribution is 2.24. The Labute approximate surface area is 142 Å². The van der Waals surface area contributed by atoms with Gasteiger partial charge in [-0.15, -0.1) is 0 Å². The molecule has 23 heavy (non-hydrogen) atoms. The van der Waals surface area contributed by atoms with Gasteiger partial charge in [-0.3, -0.25) is 14.6 Å². The lowest BCUT2D eigenvalue weighted by Crippen LogP contribution is -2.65. The molecule has 1 rings (SSSR count). The van der Waals surface area contributed by atoms with Crippen LogP contribution in [0.4, 0.5) is 0 Å². The van der Waals surface area contributed by atoms with Crippen LogP contribution in [0.2, 0.25) is 0 Å². The van der Waals surface area contributed by atoms with Crippen LogP contribution >= 0.6 is 0 Å². The van der Waals surface area contributed by atoms with Gasteiger partial charge in [0, 0.05) is 46.0 Å². The van der Waals surface area contributed by atoms with E-state index < -0.39 is 8.80 Å². The Morgan fingerprint density at radius 3 is 1.78 bits per heavy atom. The van der Waals surface area contributed by atoms with E-state index in [1.54, 1.807) is 6.92 Å². The molecule has 1 aliphatic rings. The third-order valence-electron chi connectivity index (χ3n) is 4.13. The van der Waals surface area contributed by atoms with Crippen molar-refractivity contribution in [2.75, 3.05) is 52.5 Å². The molecule has 1 unspecified atom stereocenters. The quantitative estimate of drug-likeness (QED) is 0.529. The van der Waals surface area contributed by atoms with Crippen LogP contribution in [0.15, 0.2) is 0 Å². The zero-order valence-electron chi connectivity index (χ0n) is 15.5. The number of hydrogen-bond donors (Lipinski definition) is 0. The lowest BCUT2D eigenvalue weighted by Gasteiger charge is -2.44. The predicted octanol–water partition coefficient (Wildman–Crippen LogP) is 1.56. The van der Waals surface area contributed by atoms with E-state index in [2.05, 4.69) is 16.7 Å². The fraction of sp³-hybridized carbons (Fsp3) is 0.938. The number of rotatable bonds is 11. The summed E-state index contributed by atoms with van der Waals surface area (Å²) < 4.78 is 18.3. The van der Waals surface area contributed by atoms with Gasteiger partial charge in [-0.1, -0.05) is 6.92 Å². The third kappa shape index (κ3) is 5.92. The molecule has 0 amide bonds. The van der Waals surface area contributed by atoms with Crippen molar-refractivity contribution in [1.29, 1.82) is 0 Å². The lowest BCUT2D eigenvalue weighted by molar-refractivity contribution is -0.118. The van der Waals surface area contributed by atoms with Crippen LogP contribution in [-0.4, -0.2) is 82.6 Å². The van der Waals surface area contributed by atoms with Crippen molar-refractivity contribution in [3.63, 3.8) is 0 Å². The maximum atomic E-state index is 11.3. The third-order valence-corrected chi connectivity index (χ3v) is 7.79. The minimum Gasteiger partial charge on any atom is -0.373 e. The smallest absolute Gasteiger partial charge is 0.373 e. The summed E-state index contributed by atoms with van der Waals surface area (Å²) in [5, 5.41) is 0. The molecule has 0 radical (unpaired) electrons. The maximum Gasteiger partial charge on any atom is 0.519 e. The highest BCUT2D eigenvalue weighted by Gasteiger charge is 2.51. The molecule has 1 aliphatic heterocycles. The molecule has 0 N–H and O–H groups in total. The van der Waals surface area contributed by atoms with Crippen molar-refractivity contribution in [2.45, 2.75) is 46.7 Å². The van der Waals surface area contributed by atoms with Crippen LogP contribution < -0.4 is 0 Å². The number of ketones is 1. The lowest BCUT2D eigenvalue weighted by atomic mass is 10.2. The van der Waals surface area contributed by atoms with E-state index >= 15 is 0 Å². The molecule has 0 aromatic heterocycles. The number of carbonyl (C=O) groups excluding carboxylic acids is 1. The van der Waals surface area contributed by atoms with Gasteiger partial charge in [0.25, 0.3) is 0 Å². The van der Waals surface area contributed by atoms with Crippen molar-refractivity contribution in [3.8, 4) is 0 Å². The molecule has 0 saturated carbocycles. The van der Waals surface area contributed by atoms with Gasteiger partial charge in [0.1, 0.15) is 5.78 Å². The summed E-state index contributed by atoms with van der Waals surface area (Å²) in [4.78, 5) is 15.9. The van der Waals surface area contributed by atoms with E-state index in [4.69, 9.17) is 13.3 Å². The van der Waals surface area contributed by atoms with Gasteiger partial charge in [0.2, 0.25) is 0 Å². The number of Topliss-reactive ketones (excluding diaryl/α,β-unsaturated/α-hetero) is 1. The standard InChI is InChI=1S/C16H34N2O4Si/c1-6-16(23(20-7-2,21-8-3)22-9-4)18-12-10-17(11-13-18)14-15(5)19/h16H,6-14H2,1-5H3. The monoisotopic (exact) mass is 346 g/mol. The molecule has 0 aromatic carbocycles. The Bertz CT molecular complexity index is 332. The summed E-state index contributed by atoms with van der Waals surface area (Å²) >= 11 is 0. The largest absolute Gasteiger partial charge is 0.519 e. The molecule has 0 aromatic rings. The molecule has 0 spiro atoms. The van der Waals surface area contributed by atoms with Crippen molar-refractivity contribution < 1.29 is 18.1 Å². The van der Waals surface area contributed by atoms with Gasteiger partial charge < -0.3 is 13.3 Å². The van der Waals surface area contributed by atoms with E-state index in [0.717, 1.165) is 32.6 Å². The van der Waals surface area contributed by atoms with E-state index in [1.165, 1.54) is 0 Å². The molecule has 7 heteroatoms. The van der Waals surface area contributed by atoms with E-state index in [9.17, 15) is 4.79 Å². The second-order valence-electron chi connectivity index (χ2n) is 5.84. The Morgan fingerprint density at radius 1 is 0.957 bits per heavy atom. The Kier molecular flexibility index (Phi) is 9.49. The van der Waals surface area contributed by atoms with E-state index in [-0.39, 0.29) is 11.4 Å². The summed E-state index contributed by atoms with van der Waals surface area (Å²) in [6, 6.07) is 0. The van der Waals surface area contributed by atoms with E-state index in [1.807, 2.05) is 20.8 Å². The molecule has 1 saturated heterocycles. The predicted molar refractivity (Wildman–Crippen MR) is 93.4 cm³/mol. The van der Waals surface area contributed by atoms with Crippen LogP contribution in [0.25, 0.3) is 0 Å². The molecule has 1 fully saturated rings. The first-order chi connectivity index (χ1) is 11.0. The Morgan fingerprint density at radius 2 is 1.43 bits per heavy atom. The summed E-state index contributed by atoms with van der Waals surface area (Å²) in [6.07, 6.45) is 0.943. The zero-order valence-corrected chi connectivity index (χ0v) is 16.5. The molecule has 136 valence electrons. The maximum absolute atomic E-state index is 11.3. The molecule has 6 nitrogen and oxygen atoms in total. The number of piperazine rings is 1. The van der Waals surface area contributed by atoms with Gasteiger partial charge in [0.15, 0.2) is 0 Å². The first kappa shape index (κ1) is 20.7. The second kappa shape index (κ2) is 10.5. The number of nitrogens with zero attached hydrogens (tertiary/aromatic N) is 2. The number of hydrogen-bond acceptors (Lipinski definition) is 6. The molecule has 1 heterocycles. The highest BCUT2D eigenvalue weighted by atomic mass is 28.4. The SMILES string of the molecule is CCO[Si](OCC)(OCC)C(CC)N1CCN(CC(C)=O)CC1. The van der Waals surface area contributed by atoms with Crippen LogP contribution in [-0.2, 0) is 18.1 Å². The van der Waals surface area contributed by atoms with Crippen molar-refractivity contribution in [1.82, 2.24) is 9.80 Å². The van der Waals surface area contributed by atoms with Crippen molar-refractivity contribution in [3.05, 3.63) is 0 Å². The topological polar surface area (TPSA) is 51.2 Å². The van der Waals surface area contributed by atoms with Gasteiger partial charge in [-0.25, -0.2) is 0 Å². The minimum atomic E-state index is -2.73. The Balaban J connectivity index is 2.80. The average molecular weight is 347 g/mol. The van der Waals surface area contributed by atoms with Gasteiger partial charge in [0.05, 0.1) is 12.2 Å². The Hall–Kier alpha value is -0.313. The van der Waals surface area contributed by atoms with Crippen LogP contribution in [0.5, 0.6) is 0 Å². The summed E-state index contributed by atoms with van der Waals surface area (Å²) in [6.45, 7) is 15.8. The van der Waals surface area contributed by atoms with Gasteiger partial charge in [-0.2, -0.15) is 0 Å². The first-order valence-corrected chi connectivity index (χ1v) is 10.7. The molecule has 0 aliphatic carbocycles. The summed E-state index contributed by atoms with van der Waals surface area (Å²) in [7, 11) is -2.73. The molecular formula is C16H34N2O4Si. The average Bonchev–Trinajstić information content (AvgIpc) is 2.50. The van der Waals surface area contributed by atoms with Crippen LogP contribution in [0, 0.1) is 0 Å². The van der Waals surface area contributed by atoms with Crippen LogP contribution in [0.1, 0.15) is 41.0 Å². The molecule has 0 bridgehead atoms.